The van der Waals surface area contributed by atoms with Crippen molar-refractivity contribution in [2.45, 2.75) is 79.4 Å². The first-order chi connectivity index (χ1) is 22.3. The normalized spacial score (nSPS) is 18.8. The van der Waals surface area contributed by atoms with Gasteiger partial charge in [-0.05, 0) is 90.6 Å². The Morgan fingerprint density at radius 2 is 1.28 bits per heavy atom. The van der Waals surface area contributed by atoms with Crippen LogP contribution in [0, 0.1) is 10.8 Å². The molecule has 0 radical (unpaired) electrons. The number of hydrogen-bond acceptors (Lipinski definition) is 6. The average molecular weight is 765 g/mol. The van der Waals surface area contributed by atoms with Crippen LogP contribution in [0.3, 0.4) is 0 Å². The van der Waals surface area contributed by atoms with E-state index in [0.29, 0.717) is 85.4 Å². The average Bonchev–Trinajstić information content (AvgIpc) is 2.98. The minimum atomic E-state index is -0.486. The van der Waals surface area contributed by atoms with Crippen molar-refractivity contribution in [3.63, 3.8) is 0 Å². The first-order valence-corrected chi connectivity index (χ1v) is 17.7. The van der Waals surface area contributed by atoms with Crippen LogP contribution in [0.1, 0.15) is 82.9 Å². The predicted molar refractivity (Wildman–Crippen MR) is 188 cm³/mol. The lowest BCUT2D eigenvalue weighted by Gasteiger charge is -2.42. The number of ether oxygens (including phenoxy) is 4. The molecule has 3 aliphatic rings. The second kappa shape index (κ2) is 13.3. The van der Waals surface area contributed by atoms with Gasteiger partial charge in [0.15, 0.2) is 23.1 Å². The number of hydrogen-bond donors (Lipinski definition) is 0. The molecule has 3 aromatic carbocycles. The molecule has 0 unspecified atom stereocenters. The largest absolute Gasteiger partial charge is 0.490 e. The number of carbonyl (C=O) groups excluding carboxylic acids is 2. The van der Waals surface area contributed by atoms with Crippen LogP contribution in [0.5, 0.6) is 17.2 Å². The van der Waals surface area contributed by atoms with Gasteiger partial charge in [-0.3, -0.25) is 9.59 Å². The standard InChI is InChI=1S/C39H40Br2O6/c1-6-44-31-14-24(12-13-30(31)45-21-23-10-8-7-9-11-23)22-46-37-26(40)15-25(16-27(37)41)34-35-28(42)17-38(2,3)19-32(35)47-33-20-39(4,5)18-29(43)36(33)34/h7-16,34H,6,17-22H2,1-5H3. The van der Waals surface area contributed by atoms with Crippen molar-refractivity contribution < 1.29 is 28.5 Å². The second-order valence-electron chi connectivity index (χ2n) is 14.2. The van der Waals surface area contributed by atoms with Gasteiger partial charge in [-0.25, -0.2) is 0 Å². The van der Waals surface area contributed by atoms with Crippen molar-refractivity contribution in [2.24, 2.45) is 10.8 Å². The summed E-state index contributed by atoms with van der Waals surface area (Å²) in [5, 5.41) is 0. The van der Waals surface area contributed by atoms with Crippen molar-refractivity contribution in [3.8, 4) is 17.2 Å². The van der Waals surface area contributed by atoms with Gasteiger partial charge in [-0.2, -0.15) is 0 Å². The lowest BCUT2D eigenvalue weighted by Crippen LogP contribution is -2.37. The van der Waals surface area contributed by atoms with Gasteiger partial charge in [0.1, 0.15) is 30.5 Å². The number of carbonyl (C=O) groups is 2. The van der Waals surface area contributed by atoms with E-state index in [-0.39, 0.29) is 22.4 Å². The third-order valence-corrected chi connectivity index (χ3v) is 10.0. The lowest BCUT2D eigenvalue weighted by molar-refractivity contribution is -0.120. The Bertz CT molecular complexity index is 1710. The quantitative estimate of drug-likeness (QED) is 0.216. The maximum Gasteiger partial charge on any atom is 0.163 e. The van der Waals surface area contributed by atoms with Crippen LogP contribution >= 0.6 is 31.9 Å². The maximum absolute atomic E-state index is 13.7. The Labute approximate surface area is 293 Å². The van der Waals surface area contributed by atoms with Crippen molar-refractivity contribution in [1.29, 1.82) is 0 Å². The van der Waals surface area contributed by atoms with E-state index < -0.39 is 5.92 Å². The Kier molecular flexibility index (Phi) is 9.47. The topological polar surface area (TPSA) is 71.1 Å². The van der Waals surface area contributed by atoms with Gasteiger partial charge < -0.3 is 18.9 Å². The maximum atomic E-state index is 13.7. The predicted octanol–water partition coefficient (Wildman–Crippen LogP) is 10.2. The molecular weight excluding hydrogens is 724 g/mol. The van der Waals surface area contributed by atoms with Gasteiger partial charge in [-0.15, -0.1) is 0 Å². The number of benzene rings is 3. The van der Waals surface area contributed by atoms with E-state index in [1.165, 1.54) is 0 Å². The number of halogens is 2. The number of ketones is 2. The van der Waals surface area contributed by atoms with E-state index in [4.69, 9.17) is 18.9 Å². The second-order valence-corrected chi connectivity index (χ2v) is 15.9. The van der Waals surface area contributed by atoms with E-state index in [9.17, 15) is 9.59 Å². The smallest absolute Gasteiger partial charge is 0.163 e. The first-order valence-electron chi connectivity index (χ1n) is 16.1. The summed E-state index contributed by atoms with van der Waals surface area (Å²) in [6.45, 7) is 11.6. The molecule has 8 heteroatoms. The summed E-state index contributed by atoms with van der Waals surface area (Å²) in [7, 11) is 0. The number of allylic oxidation sites excluding steroid dienone is 4. The Balaban J connectivity index is 1.27. The summed E-state index contributed by atoms with van der Waals surface area (Å²) in [5.74, 6) is 2.96. The summed E-state index contributed by atoms with van der Waals surface area (Å²) in [5.41, 5.74) is 3.65. The molecule has 0 atom stereocenters. The minimum absolute atomic E-state index is 0.0410. The van der Waals surface area contributed by atoms with Crippen LogP contribution in [-0.4, -0.2) is 18.2 Å². The van der Waals surface area contributed by atoms with Gasteiger partial charge in [0.2, 0.25) is 0 Å². The van der Waals surface area contributed by atoms with Gasteiger partial charge in [-0.1, -0.05) is 64.1 Å². The van der Waals surface area contributed by atoms with Gasteiger partial charge in [0.25, 0.3) is 0 Å². The molecule has 6 nitrogen and oxygen atoms in total. The molecule has 0 N–H and O–H groups in total. The fourth-order valence-corrected chi connectivity index (χ4v) is 8.26. The molecule has 6 rings (SSSR count). The van der Waals surface area contributed by atoms with Crippen LogP contribution in [0.25, 0.3) is 0 Å². The molecule has 1 aliphatic heterocycles. The zero-order valence-corrected chi connectivity index (χ0v) is 30.7. The van der Waals surface area contributed by atoms with Crippen molar-refractivity contribution in [2.75, 3.05) is 6.61 Å². The molecule has 2 aliphatic carbocycles. The highest BCUT2D eigenvalue weighted by Gasteiger charge is 2.48. The van der Waals surface area contributed by atoms with Crippen LogP contribution in [0.15, 0.2) is 92.3 Å². The third kappa shape index (κ3) is 7.24. The van der Waals surface area contributed by atoms with Crippen LogP contribution in [0.2, 0.25) is 0 Å². The highest BCUT2D eigenvalue weighted by molar-refractivity contribution is 9.11. The monoisotopic (exact) mass is 762 g/mol. The zero-order chi connectivity index (χ0) is 33.5. The van der Waals surface area contributed by atoms with Gasteiger partial charge in [0, 0.05) is 42.7 Å². The molecule has 0 fully saturated rings. The Morgan fingerprint density at radius 1 is 0.702 bits per heavy atom. The molecule has 3 aromatic rings. The summed E-state index contributed by atoms with van der Waals surface area (Å²) < 4.78 is 26.2. The van der Waals surface area contributed by atoms with Crippen molar-refractivity contribution >= 4 is 43.4 Å². The summed E-state index contributed by atoms with van der Waals surface area (Å²) in [6, 6.07) is 19.8. The van der Waals surface area contributed by atoms with Crippen LogP contribution in [0.4, 0.5) is 0 Å². The fraction of sp³-hybridized carbons (Fsp3) is 0.385. The minimum Gasteiger partial charge on any atom is -0.490 e. The van der Waals surface area contributed by atoms with Crippen LogP contribution < -0.4 is 14.2 Å². The molecule has 0 saturated heterocycles. The number of Topliss-reactive ketones (excluding diaryl/α,β-unsaturated/α-hetero) is 2. The summed E-state index contributed by atoms with van der Waals surface area (Å²) >= 11 is 7.48. The highest BCUT2D eigenvalue weighted by Crippen LogP contribution is 2.54. The van der Waals surface area contributed by atoms with Gasteiger partial charge >= 0.3 is 0 Å². The highest BCUT2D eigenvalue weighted by atomic mass is 79.9. The third-order valence-electron chi connectivity index (χ3n) is 8.86. The lowest BCUT2D eigenvalue weighted by atomic mass is 9.65. The molecule has 47 heavy (non-hydrogen) atoms. The van der Waals surface area contributed by atoms with E-state index in [1.54, 1.807) is 0 Å². The SMILES string of the molecule is CCOc1cc(COc2c(Br)cc(C3C4=C(CC(C)(C)CC4=O)OC4=C3C(=O)CC(C)(C)C4)cc2Br)ccc1OCc1ccccc1. The molecule has 0 bridgehead atoms. The van der Waals surface area contributed by atoms with E-state index >= 15 is 0 Å². The zero-order valence-electron chi connectivity index (χ0n) is 27.5. The van der Waals surface area contributed by atoms with Crippen molar-refractivity contribution in [3.05, 3.63) is 109 Å². The van der Waals surface area contributed by atoms with E-state index in [1.807, 2.05) is 67.6 Å². The van der Waals surface area contributed by atoms with Crippen LogP contribution in [-0.2, 0) is 27.5 Å². The molecule has 0 spiro atoms. The summed E-state index contributed by atoms with van der Waals surface area (Å²) in [4.78, 5) is 27.4. The van der Waals surface area contributed by atoms with Gasteiger partial charge in [0.05, 0.1) is 15.6 Å². The molecule has 1 heterocycles. The molecule has 246 valence electrons. The first kappa shape index (κ1) is 33.5. The number of rotatable bonds is 9. The fourth-order valence-electron chi connectivity index (χ4n) is 6.81. The van der Waals surface area contributed by atoms with Crippen molar-refractivity contribution in [1.82, 2.24) is 0 Å². The molecule has 0 saturated carbocycles. The Hall–Kier alpha value is -3.36. The molecule has 0 aromatic heterocycles. The summed E-state index contributed by atoms with van der Waals surface area (Å²) in [6.07, 6.45) is 2.13. The Morgan fingerprint density at radius 3 is 1.85 bits per heavy atom. The molecule has 0 amide bonds. The van der Waals surface area contributed by atoms with E-state index in [2.05, 4.69) is 59.6 Å². The molecular formula is C39H40Br2O6. The van der Waals surface area contributed by atoms with E-state index in [0.717, 1.165) is 25.6 Å².